The van der Waals surface area contributed by atoms with Crippen molar-refractivity contribution >= 4 is 54.1 Å². The first-order valence-electron chi connectivity index (χ1n) is 8.33. The van der Waals surface area contributed by atoms with Gasteiger partial charge >= 0.3 is 5.82 Å². The molecule has 9 heteroatoms. The number of thiophene rings is 1. The second-order valence-electron chi connectivity index (χ2n) is 6.30. The predicted molar refractivity (Wildman–Crippen MR) is 114 cm³/mol. The normalized spacial score (nSPS) is 13.4. The van der Waals surface area contributed by atoms with Crippen molar-refractivity contribution in [2.45, 2.75) is 18.1 Å². The molecule has 0 aliphatic carbocycles. The van der Waals surface area contributed by atoms with E-state index in [1.807, 2.05) is 50.5 Å². The molecule has 28 heavy (non-hydrogen) atoms. The molecule has 0 aliphatic rings. The van der Waals surface area contributed by atoms with Crippen LogP contribution in [0.1, 0.15) is 11.1 Å². The topological polar surface area (TPSA) is 79.3 Å². The molecule has 1 atom stereocenters. The quantitative estimate of drug-likeness (QED) is 0.423. The van der Waals surface area contributed by atoms with E-state index in [2.05, 4.69) is 30.3 Å². The van der Waals surface area contributed by atoms with Crippen LogP contribution in [0.5, 0.6) is 0 Å². The van der Waals surface area contributed by atoms with Gasteiger partial charge < -0.3 is 0 Å². The second kappa shape index (κ2) is 7.32. The molecular weight excluding hydrogens is 460 g/mol. The Balaban J connectivity index is 2.01. The molecular formula is C19H16BrN4O2S2+. The number of benzene rings is 1. The van der Waals surface area contributed by atoms with Crippen LogP contribution in [0.4, 0.5) is 5.82 Å². The summed E-state index contributed by atoms with van der Waals surface area (Å²) in [4.78, 5) is 9.21. The Kier molecular flexibility index (Phi) is 5.00. The number of halogens is 1. The van der Waals surface area contributed by atoms with Gasteiger partial charge in [0.1, 0.15) is 9.73 Å². The van der Waals surface area contributed by atoms with E-state index < -0.39 is 10.0 Å². The smallest absolute Gasteiger partial charge is 0.296 e. The van der Waals surface area contributed by atoms with Gasteiger partial charge in [0.15, 0.2) is 0 Å². The molecule has 142 valence electrons. The Morgan fingerprint density at radius 3 is 2.32 bits per heavy atom. The molecule has 1 aromatic carbocycles. The van der Waals surface area contributed by atoms with Gasteiger partial charge in [-0.05, 0) is 76.2 Å². The van der Waals surface area contributed by atoms with E-state index in [0.29, 0.717) is 16.9 Å². The number of nitrogens with zero attached hydrogens (tertiary/aromatic N) is 4. The molecule has 6 nitrogen and oxygen atoms in total. The van der Waals surface area contributed by atoms with Crippen LogP contribution in [0.15, 0.2) is 67.2 Å². The summed E-state index contributed by atoms with van der Waals surface area (Å²) >= 11 is 4.48. The minimum atomic E-state index is -3.66. The first kappa shape index (κ1) is 19.1. The molecule has 3 aromatic heterocycles. The van der Waals surface area contributed by atoms with Gasteiger partial charge in [-0.1, -0.05) is 12.1 Å². The Morgan fingerprint density at radius 1 is 1.07 bits per heavy atom. The Labute approximate surface area is 175 Å². The molecule has 0 saturated heterocycles. The lowest BCUT2D eigenvalue weighted by molar-refractivity contribution is -0.599. The maximum atomic E-state index is 12.9. The van der Waals surface area contributed by atoms with E-state index in [1.54, 1.807) is 22.8 Å². The van der Waals surface area contributed by atoms with Gasteiger partial charge in [0, 0.05) is 0 Å². The van der Waals surface area contributed by atoms with E-state index in [0.717, 1.165) is 14.9 Å². The van der Waals surface area contributed by atoms with Crippen molar-refractivity contribution in [1.82, 2.24) is 9.97 Å². The van der Waals surface area contributed by atoms with Gasteiger partial charge in [-0.25, -0.2) is 9.19 Å². The van der Waals surface area contributed by atoms with Crippen molar-refractivity contribution in [2.75, 3.05) is 0 Å². The molecule has 0 amide bonds. The van der Waals surface area contributed by atoms with Crippen LogP contribution < -0.4 is 4.57 Å². The van der Waals surface area contributed by atoms with E-state index >= 15 is 0 Å². The third kappa shape index (κ3) is 3.83. The largest absolute Gasteiger partial charge is 0.374 e. The van der Waals surface area contributed by atoms with Crippen LogP contribution in [0, 0.1) is 13.8 Å². The van der Waals surface area contributed by atoms with Gasteiger partial charge in [0.2, 0.25) is 15.5 Å². The Bertz CT molecular complexity index is 1310. The monoisotopic (exact) mass is 475 g/mol. The first-order valence-corrected chi connectivity index (χ1v) is 11.4. The van der Waals surface area contributed by atoms with Crippen LogP contribution in [-0.2, 0) is 10.0 Å². The molecule has 0 radical (unpaired) electrons. The predicted octanol–water partition coefficient (Wildman–Crippen LogP) is 4.98. The number of hydrogen-bond acceptors (Lipinski definition) is 5. The van der Waals surface area contributed by atoms with Crippen LogP contribution in [0.2, 0.25) is 0 Å². The van der Waals surface area contributed by atoms with E-state index in [9.17, 15) is 8.76 Å². The fraction of sp³-hybridized carbons (Fsp3) is 0.105. The summed E-state index contributed by atoms with van der Waals surface area (Å²) in [5.74, 6) is 0.522. The SMILES string of the molecule is Cc1cc(C)c[n+](-c2nc3ccccc3nc2N=S(=O)(O)c2ccc(Br)s2)c1. The van der Waals surface area contributed by atoms with Gasteiger partial charge in [-0.3, -0.25) is 4.55 Å². The lowest BCUT2D eigenvalue weighted by Gasteiger charge is -2.05. The third-order valence-electron chi connectivity index (χ3n) is 3.94. The molecule has 0 spiro atoms. The van der Waals surface area contributed by atoms with Gasteiger partial charge in [-0.15, -0.1) is 15.7 Å². The molecule has 1 N–H and O–H groups in total. The zero-order chi connectivity index (χ0) is 19.9. The lowest BCUT2D eigenvalue weighted by atomic mass is 10.2. The van der Waals surface area contributed by atoms with Gasteiger partial charge in [-0.2, -0.15) is 4.57 Å². The summed E-state index contributed by atoms with van der Waals surface area (Å²) in [7, 11) is -3.66. The number of hydrogen-bond donors (Lipinski definition) is 1. The number of pyridine rings is 1. The molecule has 0 saturated carbocycles. The molecule has 3 heterocycles. The average molecular weight is 476 g/mol. The van der Waals surface area contributed by atoms with Gasteiger partial charge in [0.25, 0.3) is 5.82 Å². The van der Waals surface area contributed by atoms with Gasteiger partial charge in [0.05, 0.1) is 16.2 Å². The fourth-order valence-corrected chi connectivity index (χ4v) is 5.80. The lowest BCUT2D eigenvalue weighted by Crippen LogP contribution is -2.32. The van der Waals surface area contributed by atoms with Crippen molar-refractivity contribution in [2.24, 2.45) is 4.36 Å². The summed E-state index contributed by atoms with van der Waals surface area (Å²) in [5.41, 5.74) is 3.37. The van der Waals surface area contributed by atoms with Crippen LogP contribution in [0.3, 0.4) is 0 Å². The van der Waals surface area contributed by atoms with Crippen molar-refractivity contribution in [1.29, 1.82) is 0 Å². The Morgan fingerprint density at radius 2 is 1.71 bits per heavy atom. The molecule has 4 aromatic rings. The minimum absolute atomic E-state index is 0.116. The highest BCUT2D eigenvalue weighted by Crippen LogP contribution is 2.29. The highest BCUT2D eigenvalue weighted by Gasteiger charge is 2.23. The highest BCUT2D eigenvalue weighted by atomic mass is 79.9. The van der Waals surface area contributed by atoms with E-state index in [4.69, 9.17) is 0 Å². The molecule has 4 rings (SSSR count). The van der Waals surface area contributed by atoms with Crippen molar-refractivity contribution in [3.63, 3.8) is 0 Å². The highest BCUT2D eigenvalue weighted by molar-refractivity contribution is 9.11. The molecule has 0 aliphatic heterocycles. The zero-order valence-corrected chi connectivity index (χ0v) is 18.3. The minimum Gasteiger partial charge on any atom is -0.296 e. The van der Waals surface area contributed by atoms with Crippen molar-refractivity contribution in [3.8, 4) is 5.82 Å². The maximum absolute atomic E-state index is 12.9. The summed E-state index contributed by atoms with van der Waals surface area (Å²) < 4.78 is 30.5. The average Bonchev–Trinajstić information content (AvgIpc) is 3.07. The van der Waals surface area contributed by atoms with E-state index in [-0.39, 0.29) is 10.0 Å². The molecule has 0 bridgehead atoms. The fourth-order valence-electron chi connectivity index (χ4n) is 2.85. The Hall–Kier alpha value is -2.20. The number of aromatic nitrogens is 3. The van der Waals surface area contributed by atoms with Crippen LogP contribution in [0.25, 0.3) is 16.9 Å². The summed E-state index contributed by atoms with van der Waals surface area (Å²) in [5, 5.41) is 0. The second-order valence-corrected chi connectivity index (χ2v) is 10.6. The molecule has 0 fully saturated rings. The van der Waals surface area contributed by atoms with E-state index in [1.165, 1.54) is 11.3 Å². The number of para-hydroxylation sites is 2. The number of fused-ring (bicyclic) bond motifs is 1. The third-order valence-corrected chi connectivity index (χ3v) is 7.34. The molecule has 1 unspecified atom stereocenters. The maximum Gasteiger partial charge on any atom is 0.374 e. The zero-order valence-electron chi connectivity index (χ0n) is 15.0. The van der Waals surface area contributed by atoms with Crippen molar-refractivity contribution < 1.29 is 13.3 Å². The number of rotatable bonds is 3. The summed E-state index contributed by atoms with van der Waals surface area (Å²) in [6, 6.07) is 12.7. The summed E-state index contributed by atoms with van der Waals surface area (Å²) in [6.07, 6.45) is 3.79. The number of aryl methyl sites for hydroxylation is 2. The van der Waals surface area contributed by atoms with Crippen LogP contribution in [-0.4, -0.2) is 18.7 Å². The first-order chi connectivity index (χ1) is 13.3. The standard InChI is InChI=1S/C19H15BrN4O2S2/c1-12-9-13(2)11-24(10-12)19-18(21-14-5-3-4-6-15(14)22-19)23-28(25,26)17-8-7-16(20)27-17/h3-11H,1-2H3/p+1. The van der Waals surface area contributed by atoms with Crippen molar-refractivity contribution in [3.05, 3.63) is 69.8 Å². The summed E-state index contributed by atoms with van der Waals surface area (Å²) in [6.45, 7) is 3.96. The van der Waals surface area contributed by atoms with Crippen LogP contribution >= 0.6 is 27.3 Å².